The molecule has 1 unspecified atom stereocenters. The SMILES string of the molecule is COCC(C)Oc1cc(Oc2ccc(-c3nnc4n3CCCCC4)cc2)cc(C(=O)Nc2ccn(C)n2)c1. The van der Waals surface area contributed by atoms with Crippen LogP contribution in [0, 0.1) is 0 Å². The number of ether oxygens (including phenoxy) is 3. The van der Waals surface area contributed by atoms with Gasteiger partial charge in [0.05, 0.1) is 6.61 Å². The Morgan fingerprint density at radius 3 is 2.61 bits per heavy atom. The molecule has 3 heterocycles. The molecule has 1 N–H and O–H groups in total. The highest BCUT2D eigenvalue weighted by Crippen LogP contribution is 2.30. The summed E-state index contributed by atoms with van der Waals surface area (Å²) in [4.78, 5) is 13.0. The van der Waals surface area contributed by atoms with E-state index in [9.17, 15) is 4.79 Å². The van der Waals surface area contributed by atoms with Crippen molar-refractivity contribution in [1.29, 1.82) is 0 Å². The minimum atomic E-state index is -0.318. The molecule has 0 saturated carbocycles. The second-order valence-corrected chi connectivity index (χ2v) is 9.43. The highest BCUT2D eigenvalue weighted by Gasteiger charge is 2.17. The second-order valence-electron chi connectivity index (χ2n) is 9.43. The molecular weight excluding hydrogens is 484 g/mol. The lowest BCUT2D eigenvalue weighted by molar-refractivity contribution is 0.0915. The Bertz CT molecular complexity index is 1390. The highest BCUT2D eigenvalue weighted by atomic mass is 16.5. The molecule has 10 nitrogen and oxygen atoms in total. The van der Waals surface area contributed by atoms with E-state index in [0.29, 0.717) is 35.2 Å². The van der Waals surface area contributed by atoms with E-state index in [1.54, 1.807) is 49.3 Å². The van der Waals surface area contributed by atoms with Gasteiger partial charge in [-0.25, -0.2) is 0 Å². The molecule has 10 heteroatoms. The Morgan fingerprint density at radius 2 is 1.84 bits per heavy atom. The number of hydrogen-bond donors (Lipinski definition) is 1. The van der Waals surface area contributed by atoms with Gasteiger partial charge in [0.25, 0.3) is 5.91 Å². The van der Waals surface area contributed by atoms with Crippen molar-refractivity contribution in [3.8, 4) is 28.6 Å². The zero-order valence-electron chi connectivity index (χ0n) is 21.9. The number of rotatable bonds is 9. The van der Waals surface area contributed by atoms with Crippen molar-refractivity contribution in [2.45, 2.75) is 45.3 Å². The topological polar surface area (TPSA) is 105 Å². The molecule has 2 aromatic heterocycles. The predicted molar refractivity (Wildman–Crippen MR) is 143 cm³/mol. The molecule has 1 atom stereocenters. The Labute approximate surface area is 221 Å². The van der Waals surface area contributed by atoms with Crippen molar-refractivity contribution in [2.75, 3.05) is 19.0 Å². The van der Waals surface area contributed by atoms with Crippen molar-refractivity contribution < 1.29 is 19.0 Å². The zero-order valence-corrected chi connectivity index (χ0v) is 21.9. The van der Waals surface area contributed by atoms with E-state index in [-0.39, 0.29) is 12.0 Å². The maximum atomic E-state index is 13.0. The van der Waals surface area contributed by atoms with Crippen LogP contribution in [0.15, 0.2) is 54.7 Å². The third-order valence-corrected chi connectivity index (χ3v) is 6.29. The van der Waals surface area contributed by atoms with Crippen molar-refractivity contribution >= 4 is 11.7 Å². The Kier molecular flexibility index (Phi) is 7.69. The number of aromatic nitrogens is 5. The molecular formula is C28H32N6O4. The summed E-state index contributed by atoms with van der Waals surface area (Å²) in [7, 11) is 3.41. The molecule has 1 aliphatic heterocycles. The van der Waals surface area contributed by atoms with Crippen LogP contribution < -0.4 is 14.8 Å². The van der Waals surface area contributed by atoms with Gasteiger partial charge in [0.15, 0.2) is 11.6 Å². The van der Waals surface area contributed by atoms with Crippen LogP contribution in [0.5, 0.6) is 17.2 Å². The fourth-order valence-corrected chi connectivity index (χ4v) is 4.51. The third kappa shape index (κ3) is 6.03. The number of hydrogen-bond acceptors (Lipinski definition) is 7. The first kappa shape index (κ1) is 25.5. The van der Waals surface area contributed by atoms with Crippen LogP contribution in [0.3, 0.4) is 0 Å². The first-order valence-corrected chi connectivity index (χ1v) is 12.8. The molecule has 198 valence electrons. The number of carbonyl (C=O) groups excluding carboxylic acids is 1. The van der Waals surface area contributed by atoms with E-state index in [4.69, 9.17) is 14.2 Å². The zero-order chi connectivity index (χ0) is 26.5. The summed E-state index contributed by atoms with van der Waals surface area (Å²) >= 11 is 0. The van der Waals surface area contributed by atoms with Gasteiger partial charge in [-0.1, -0.05) is 6.42 Å². The molecule has 0 aliphatic carbocycles. The summed E-state index contributed by atoms with van der Waals surface area (Å²) in [6.45, 7) is 3.25. The molecule has 0 bridgehead atoms. The van der Waals surface area contributed by atoms with E-state index in [1.807, 2.05) is 31.2 Å². The quantitative estimate of drug-likeness (QED) is 0.339. The predicted octanol–water partition coefficient (Wildman–Crippen LogP) is 4.86. The minimum Gasteiger partial charge on any atom is -0.488 e. The second kappa shape index (κ2) is 11.5. The van der Waals surface area contributed by atoms with Crippen LogP contribution in [-0.4, -0.2) is 50.3 Å². The first-order chi connectivity index (χ1) is 18.5. The number of nitrogens with one attached hydrogen (secondary N) is 1. The molecule has 38 heavy (non-hydrogen) atoms. The lowest BCUT2D eigenvalue weighted by Crippen LogP contribution is -2.18. The number of amides is 1. The number of benzene rings is 2. The van der Waals surface area contributed by atoms with Crippen LogP contribution in [0.4, 0.5) is 5.82 Å². The van der Waals surface area contributed by atoms with Crippen LogP contribution in [0.1, 0.15) is 42.4 Å². The number of carbonyl (C=O) groups is 1. The molecule has 0 spiro atoms. The highest BCUT2D eigenvalue weighted by molar-refractivity contribution is 6.04. The monoisotopic (exact) mass is 516 g/mol. The van der Waals surface area contributed by atoms with Crippen LogP contribution in [0.2, 0.25) is 0 Å². The molecule has 4 aromatic rings. The van der Waals surface area contributed by atoms with Crippen molar-refractivity contribution in [3.63, 3.8) is 0 Å². The molecule has 0 radical (unpaired) electrons. The summed E-state index contributed by atoms with van der Waals surface area (Å²) < 4.78 is 21.2. The van der Waals surface area contributed by atoms with Crippen molar-refractivity contribution in [2.24, 2.45) is 7.05 Å². The summed E-state index contributed by atoms with van der Waals surface area (Å²) in [5.41, 5.74) is 1.37. The Balaban J connectivity index is 1.37. The first-order valence-electron chi connectivity index (χ1n) is 12.8. The lowest BCUT2D eigenvalue weighted by atomic mass is 10.1. The third-order valence-electron chi connectivity index (χ3n) is 6.29. The van der Waals surface area contributed by atoms with Gasteiger partial charge >= 0.3 is 0 Å². The van der Waals surface area contributed by atoms with E-state index in [1.165, 1.54) is 6.42 Å². The number of methoxy groups -OCH3 is 1. The molecule has 5 rings (SSSR count). The summed E-state index contributed by atoms with van der Waals surface area (Å²) in [5, 5.41) is 15.9. The normalized spacial score (nSPS) is 13.9. The Hall–Kier alpha value is -4.18. The molecule has 0 fully saturated rings. The molecule has 1 aliphatic rings. The smallest absolute Gasteiger partial charge is 0.257 e. The van der Waals surface area contributed by atoms with Gasteiger partial charge in [-0.05, 0) is 56.2 Å². The molecule has 1 amide bonds. The fourth-order valence-electron chi connectivity index (χ4n) is 4.51. The van der Waals surface area contributed by atoms with Gasteiger partial charge in [-0.2, -0.15) is 5.10 Å². The van der Waals surface area contributed by atoms with E-state index in [2.05, 4.69) is 25.2 Å². The average Bonchev–Trinajstić information content (AvgIpc) is 3.42. The van der Waals surface area contributed by atoms with Gasteiger partial charge in [0, 0.05) is 56.6 Å². The van der Waals surface area contributed by atoms with Gasteiger partial charge in [0.2, 0.25) is 0 Å². The number of aryl methyl sites for hydroxylation is 2. The molecule has 0 saturated heterocycles. The number of anilines is 1. The Morgan fingerprint density at radius 1 is 1.03 bits per heavy atom. The lowest BCUT2D eigenvalue weighted by Gasteiger charge is -2.16. The van der Waals surface area contributed by atoms with Gasteiger partial charge in [-0.15, -0.1) is 10.2 Å². The standard InChI is InChI=1S/C28H32N6O4/c1-19(18-36-3)37-23-15-21(28(35)29-25-12-14-33(2)32-25)16-24(17-23)38-22-10-8-20(9-11-22)27-31-30-26-7-5-4-6-13-34(26)27/h8-12,14-17,19H,4-7,13,18H2,1-3H3,(H,29,32,35). The van der Waals surface area contributed by atoms with E-state index >= 15 is 0 Å². The largest absolute Gasteiger partial charge is 0.488 e. The average molecular weight is 517 g/mol. The van der Waals surface area contributed by atoms with Crippen LogP contribution in [-0.2, 0) is 24.8 Å². The van der Waals surface area contributed by atoms with Crippen molar-refractivity contribution in [1.82, 2.24) is 24.5 Å². The van der Waals surface area contributed by atoms with E-state index < -0.39 is 0 Å². The number of fused-ring (bicyclic) bond motifs is 1. The fraction of sp³-hybridized carbons (Fsp3) is 0.357. The maximum absolute atomic E-state index is 13.0. The van der Waals surface area contributed by atoms with Crippen molar-refractivity contribution in [3.05, 3.63) is 66.1 Å². The minimum absolute atomic E-state index is 0.209. The van der Waals surface area contributed by atoms with E-state index in [0.717, 1.165) is 43.0 Å². The summed E-state index contributed by atoms with van der Waals surface area (Å²) in [6, 6.07) is 14.6. The summed E-state index contributed by atoms with van der Waals surface area (Å²) in [5.74, 6) is 3.67. The van der Waals surface area contributed by atoms with Crippen LogP contribution >= 0.6 is 0 Å². The van der Waals surface area contributed by atoms with Gasteiger partial charge in [-0.3, -0.25) is 9.48 Å². The summed E-state index contributed by atoms with van der Waals surface area (Å²) in [6.07, 6.45) is 6.02. The number of nitrogens with zero attached hydrogens (tertiary/aromatic N) is 5. The van der Waals surface area contributed by atoms with Crippen LogP contribution in [0.25, 0.3) is 11.4 Å². The molecule has 2 aromatic carbocycles. The van der Waals surface area contributed by atoms with Gasteiger partial charge in [0.1, 0.15) is 29.2 Å². The maximum Gasteiger partial charge on any atom is 0.257 e. The van der Waals surface area contributed by atoms with Gasteiger partial charge < -0.3 is 24.1 Å².